The second kappa shape index (κ2) is 9.79. The third-order valence-corrected chi connectivity index (χ3v) is 5.55. The van der Waals surface area contributed by atoms with E-state index in [4.69, 9.17) is 5.10 Å². The predicted molar refractivity (Wildman–Crippen MR) is 133 cm³/mol. The lowest BCUT2D eigenvalue weighted by atomic mass is 10.1. The number of fused-ring (bicyclic) bond motifs is 1. The Morgan fingerprint density at radius 3 is 2.61 bits per heavy atom. The topological polar surface area (TPSA) is 119 Å². The van der Waals surface area contributed by atoms with Crippen molar-refractivity contribution >= 4 is 17.5 Å². The molecule has 1 unspecified atom stereocenters. The average molecular weight is 481 g/mol. The number of hydrogen-bond acceptors (Lipinski definition) is 6. The van der Waals surface area contributed by atoms with Crippen molar-refractivity contribution in [1.29, 1.82) is 0 Å². The van der Waals surface area contributed by atoms with Crippen molar-refractivity contribution in [3.8, 4) is 17.1 Å². The molecule has 1 atom stereocenters. The predicted octanol–water partition coefficient (Wildman–Crippen LogP) is 2.78. The van der Waals surface area contributed by atoms with Gasteiger partial charge in [0.15, 0.2) is 11.5 Å². The molecule has 0 saturated carbocycles. The molecule has 0 radical (unpaired) electrons. The highest BCUT2D eigenvalue weighted by atomic mass is 16.2. The van der Waals surface area contributed by atoms with Crippen LogP contribution in [0.25, 0.3) is 22.7 Å². The first kappa shape index (κ1) is 22.9. The summed E-state index contributed by atoms with van der Waals surface area (Å²) in [6.07, 6.45) is 2.72. The Balaban J connectivity index is 1.46. The molecule has 36 heavy (non-hydrogen) atoms. The van der Waals surface area contributed by atoms with Crippen molar-refractivity contribution in [2.75, 3.05) is 0 Å². The zero-order valence-corrected chi connectivity index (χ0v) is 19.8. The number of aryl methyl sites for hydroxylation is 1. The summed E-state index contributed by atoms with van der Waals surface area (Å²) in [7, 11) is 0. The molecule has 10 nitrogen and oxygen atoms in total. The molecule has 2 N–H and O–H groups in total. The summed E-state index contributed by atoms with van der Waals surface area (Å²) in [5.74, 6) is 0.109. The Kier molecular flexibility index (Phi) is 6.23. The van der Waals surface area contributed by atoms with Crippen molar-refractivity contribution in [2.45, 2.75) is 26.4 Å². The van der Waals surface area contributed by atoms with Crippen LogP contribution < -0.4 is 10.6 Å². The van der Waals surface area contributed by atoms with Crippen LogP contribution in [-0.2, 0) is 16.0 Å². The third-order valence-electron chi connectivity index (χ3n) is 5.55. The first-order valence-electron chi connectivity index (χ1n) is 11.4. The number of rotatable bonds is 7. The molecular weight excluding hydrogens is 456 g/mol. The number of carbonyl (C=O) groups excluding carboxylic acids is 2. The number of amides is 2. The van der Waals surface area contributed by atoms with E-state index in [1.807, 2.05) is 79.9 Å². The van der Waals surface area contributed by atoms with Gasteiger partial charge in [0.2, 0.25) is 11.8 Å². The number of nitrogens with one attached hydrogen (secondary N) is 2. The fourth-order valence-corrected chi connectivity index (χ4v) is 3.94. The monoisotopic (exact) mass is 480 g/mol. The van der Waals surface area contributed by atoms with Gasteiger partial charge in [0, 0.05) is 24.4 Å². The third kappa shape index (κ3) is 4.97. The molecule has 4 aromatic heterocycles. The number of carbonyl (C=O) groups is 2. The van der Waals surface area contributed by atoms with E-state index in [2.05, 4.69) is 25.7 Å². The Bertz CT molecular complexity index is 1540. The van der Waals surface area contributed by atoms with Crippen LogP contribution in [0.3, 0.4) is 0 Å². The largest absolute Gasteiger partial charge is 0.332 e. The van der Waals surface area contributed by atoms with Crippen molar-refractivity contribution in [3.05, 3.63) is 96.2 Å². The van der Waals surface area contributed by atoms with Gasteiger partial charge >= 0.3 is 0 Å². The SMILES string of the molecule is CC(=O)NC(NC(=O)Cc1cc(-c2ccc3ncnn3c2)n(-c2cccc(C)n2)n1)c1ccccc1. The molecule has 0 spiro atoms. The maximum atomic E-state index is 13.0. The van der Waals surface area contributed by atoms with E-state index < -0.39 is 6.17 Å². The number of aromatic nitrogens is 6. The number of nitrogens with zero attached hydrogens (tertiary/aromatic N) is 6. The quantitative estimate of drug-likeness (QED) is 0.346. The van der Waals surface area contributed by atoms with Crippen LogP contribution in [0.2, 0.25) is 0 Å². The lowest BCUT2D eigenvalue weighted by molar-refractivity contribution is -0.123. The Morgan fingerprint density at radius 1 is 1.00 bits per heavy atom. The summed E-state index contributed by atoms with van der Waals surface area (Å²) < 4.78 is 3.40. The average Bonchev–Trinajstić information content (AvgIpc) is 3.50. The highest BCUT2D eigenvalue weighted by Gasteiger charge is 2.19. The van der Waals surface area contributed by atoms with E-state index in [9.17, 15) is 9.59 Å². The summed E-state index contributed by atoms with van der Waals surface area (Å²) in [4.78, 5) is 33.6. The molecule has 0 fully saturated rings. The summed E-state index contributed by atoms with van der Waals surface area (Å²) in [5.41, 5.74) is 4.51. The molecule has 0 aliphatic heterocycles. The summed E-state index contributed by atoms with van der Waals surface area (Å²) in [5, 5.41) is 14.6. The summed E-state index contributed by atoms with van der Waals surface area (Å²) in [6.45, 7) is 3.32. The van der Waals surface area contributed by atoms with E-state index in [1.165, 1.54) is 13.3 Å². The standard InChI is InChI=1S/C26H24N8O2/c1-17-7-6-10-24(29-17)34-22(20-11-12-23-27-16-28-33(23)15-20)13-21(32-34)14-25(36)31-26(30-18(2)35)19-8-4-3-5-9-19/h3-13,15-16,26H,14H2,1-2H3,(H,30,35)(H,31,36). The van der Waals surface area contributed by atoms with Gasteiger partial charge in [0.05, 0.1) is 17.8 Å². The maximum absolute atomic E-state index is 13.0. The zero-order valence-electron chi connectivity index (χ0n) is 19.8. The Labute approximate surface area is 207 Å². The summed E-state index contributed by atoms with van der Waals surface area (Å²) in [6, 6.07) is 20.6. The molecule has 0 bridgehead atoms. The highest BCUT2D eigenvalue weighted by Crippen LogP contribution is 2.24. The van der Waals surface area contributed by atoms with E-state index in [1.54, 1.807) is 9.20 Å². The van der Waals surface area contributed by atoms with E-state index in [-0.39, 0.29) is 18.2 Å². The van der Waals surface area contributed by atoms with Gasteiger partial charge in [-0.15, -0.1) is 0 Å². The van der Waals surface area contributed by atoms with Crippen LogP contribution in [-0.4, -0.2) is 41.2 Å². The number of benzene rings is 1. The van der Waals surface area contributed by atoms with Gasteiger partial charge in [0.1, 0.15) is 12.5 Å². The van der Waals surface area contributed by atoms with E-state index in [0.717, 1.165) is 28.2 Å². The number of hydrogen-bond donors (Lipinski definition) is 2. The molecule has 0 saturated heterocycles. The summed E-state index contributed by atoms with van der Waals surface area (Å²) >= 11 is 0. The van der Waals surface area contributed by atoms with Gasteiger partial charge in [-0.2, -0.15) is 10.2 Å². The number of pyridine rings is 2. The Morgan fingerprint density at radius 2 is 1.83 bits per heavy atom. The zero-order chi connectivity index (χ0) is 25.1. The normalized spacial score (nSPS) is 11.8. The lowest BCUT2D eigenvalue weighted by Gasteiger charge is -2.19. The molecule has 10 heteroatoms. The van der Waals surface area contributed by atoms with Crippen LogP contribution in [0.4, 0.5) is 0 Å². The van der Waals surface area contributed by atoms with Crippen molar-refractivity contribution in [3.63, 3.8) is 0 Å². The van der Waals surface area contributed by atoms with Crippen LogP contribution in [0.5, 0.6) is 0 Å². The van der Waals surface area contributed by atoms with Crippen molar-refractivity contribution < 1.29 is 9.59 Å². The molecule has 0 aliphatic rings. The van der Waals surface area contributed by atoms with Gasteiger partial charge < -0.3 is 10.6 Å². The van der Waals surface area contributed by atoms with Crippen LogP contribution in [0.1, 0.15) is 30.0 Å². The fourth-order valence-electron chi connectivity index (χ4n) is 3.94. The van der Waals surface area contributed by atoms with Gasteiger partial charge in [-0.25, -0.2) is 19.2 Å². The molecule has 0 aliphatic carbocycles. The highest BCUT2D eigenvalue weighted by molar-refractivity contribution is 5.80. The molecule has 2 amide bonds. The smallest absolute Gasteiger partial charge is 0.227 e. The van der Waals surface area contributed by atoms with Crippen LogP contribution >= 0.6 is 0 Å². The minimum Gasteiger partial charge on any atom is -0.332 e. The molecular formula is C26H24N8O2. The van der Waals surface area contributed by atoms with Gasteiger partial charge in [-0.1, -0.05) is 36.4 Å². The second-order valence-electron chi connectivity index (χ2n) is 8.34. The molecule has 5 aromatic rings. The Hall–Kier alpha value is -4.86. The van der Waals surface area contributed by atoms with Crippen LogP contribution in [0, 0.1) is 6.92 Å². The van der Waals surface area contributed by atoms with Gasteiger partial charge in [-0.3, -0.25) is 9.59 Å². The second-order valence-corrected chi connectivity index (χ2v) is 8.34. The van der Waals surface area contributed by atoms with Crippen LogP contribution in [0.15, 0.2) is 79.3 Å². The maximum Gasteiger partial charge on any atom is 0.227 e. The van der Waals surface area contributed by atoms with Crippen molar-refractivity contribution in [2.24, 2.45) is 0 Å². The minimum absolute atomic E-state index is 0.0142. The molecule has 5 rings (SSSR count). The minimum atomic E-state index is -0.647. The van der Waals surface area contributed by atoms with E-state index in [0.29, 0.717) is 11.5 Å². The van der Waals surface area contributed by atoms with E-state index >= 15 is 0 Å². The van der Waals surface area contributed by atoms with Crippen molar-refractivity contribution in [1.82, 2.24) is 40.0 Å². The first-order chi connectivity index (χ1) is 17.5. The van der Waals surface area contributed by atoms with Gasteiger partial charge in [0.25, 0.3) is 0 Å². The molecule has 1 aromatic carbocycles. The van der Waals surface area contributed by atoms with Gasteiger partial charge in [-0.05, 0) is 42.8 Å². The molecule has 180 valence electrons. The fraction of sp³-hybridized carbons (Fsp3) is 0.154. The lowest BCUT2D eigenvalue weighted by Crippen LogP contribution is -2.40. The first-order valence-corrected chi connectivity index (χ1v) is 11.4. The molecule has 4 heterocycles.